The molecule has 0 fully saturated rings. The molecular weight excluding hydrogens is 290 g/mol. The highest BCUT2D eigenvalue weighted by molar-refractivity contribution is 7.88. The van der Waals surface area contributed by atoms with Crippen molar-refractivity contribution in [2.45, 2.75) is 31.8 Å². The predicted octanol–water partition coefficient (Wildman–Crippen LogP) is -1.55. The largest absolute Gasteiger partial charge is 0.480 e. The summed E-state index contributed by atoms with van der Waals surface area (Å²) in [6.07, 6.45) is 0.879. The number of nitrogens with one attached hydrogen (secondary N) is 3. The van der Waals surface area contributed by atoms with Gasteiger partial charge in [0.25, 0.3) is 0 Å². The number of hydrogen-bond donors (Lipinski definition) is 5. The minimum atomic E-state index is -3.42. The van der Waals surface area contributed by atoms with Crippen molar-refractivity contribution in [3.8, 4) is 0 Å². The van der Waals surface area contributed by atoms with Gasteiger partial charge < -0.3 is 20.8 Å². The van der Waals surface area contributed by atoms with E-state index in [-0.39, 0.29) is 19.6 Å². The van der Waals surface area contributed by atoms with Crippen LogP contribution in [0.1, 0.15) is 20.3 Å². The van der Waals surface area contributed by atoms with Crippen molar-refractivity contribution in [2.24, 2.45) is 0 Å². The lowest BCUT2D eigenvalue weighted by Gasteiger charge is -2.25. The first-order valence-electron chi connectivity index (χ1n) is 5.84. The summed E-state index contributed by atoms with van der Waals surface area (Å²) in [5.74, 6) is -1.26. The molecular formula is C10H21N3O6S. The van der Waals surface area contributed by atoms with Gasteiger partial charge in [0, 0.05) is 25.1 Å². The van der Waals surface area contributed by atoms with Crippen LogP contribution < -0.4 is 15.4 Å². The molecule has 118 valence electrons. The molecule has 0 aliphatic carbocycles. The fourth-order valence-corrected chi connectivity index (χ4v) is 2.51. The molecule has 20 heavy (non-hydrogen) atoms. The van der Waals surface area contributed by atoms with Crippen LogP contribution in [-0.2, 0) is 14.8 Å². The number of amides is 2. The van der Waals surface area contributed by atoms with Crippen LogP contribution in [0.3, 0.4) is 0 Å². The summed E-state index contributed by atoms with van der Waals surface area (Å²) in [5.41, 5.74) is -0.916. The number of sulfonamides is 1. The third-order valence-electron chi connectivity index (χ3n) is 2.17. The van der Waals surface area contributed by atoms with Gasteiger partial charge >= 0.3 is 12.0 Å². The summed E-state index contributed by atoms with van der Waals surface area (Å²) < 4.78 is 24.5. The maximum Gasteiger partial charge on any atom is 0.326 e. The SMILES string of the molecule is CC(C)(CNC(=O)N[C@H](CCO)C(=O)O)NS(C)(=O)=O. The number of hydrogen-bond acceptors (Lipinski definition) is 5. The second kappa shape index (κ2) is 7.41. The quantitative estimate of drug-likeness (QED) is 0.367. The van der Waals surface area contributed by atoms with E-state index in [0.29, 0.717) is 0 Å². The Kier molecular flexibility index (Phi) is 6.89. The van der Waals surface area contributed by atoms with Crippen molar-refractivity contribution < 1.29 is 28.2 Å². The Morgan fingerprint density at radius 3 is 2.25 bits per heavy atom. The number of carbonyl (C=O) groups is 2. The monoisotopic (exact) mass is 311 g/mol. The molecule has 0 radical (unpaired) electrons. The Labute approximate surface area is 117 Å². The Morgan fingerprint density at radius 1 is 1.30 bits per heavy atom. The number of carboxylic acid groups (broad SMARTS) is 1. The highest BCUT2D eigenvalue weighted by Crippen LogP contribution is 2.01. The van der Waals surface area contributed by atoms with E-state index in [4.69, 9.17) is 10.2 Å². The van der Waals surface area contributed by atoms with E-state index in [1.54, 1.807) is 13.8 Å². The predicted molar refractivity (Wildman–Crippen MR) is 71.7 cm³/mol. The van der Waals surface area contributed by atoms with Crippen molar-refractivity contribution in [2.75, 3.05) is 19.4 Å². The van der Waals surface area contributed by atoms with E-state index in [1.165, 1.54) is 0 Å². The molecule has 0 aliphatic rings. The topological polar surface area (TPSA) is 145 Å². The zero-order valence-corrected chi connectivity index (χ0v) is 12.5. The highest BCUT2D eigenvalue weighted by atomic mass is 32.2. The van der Waals surface area contributed by atoms with Gasteiger partial charge in [-0.25, -0.2) is 22.7 Å². The van der Waals surface area contributed by atoms with Crippen LogP contribution in [0.25, 0.3) is 0 Å². The van der Waals surface area contributed by atoms with E-state index in [9.17, 15) is 18.0 Å². The first-order chi connectivity index (χ1) is 8.97. The van der Waals surface area contributed by atoms with E-state index in [1.807, 2.05) is 0 Å². The molecule has 2 amide bonds. The van der Waals surface area contributed by atoms with Gasteiger partial charge in [-0.3, -0.25) is 0 Å². The first-order valence-corrected chi connectivity index (χ1v) is 7.73. The molecule has 0 unspecified atom stereocenters. The fraction of sp³-hybridized carbons (Fsp3) is 0.800. The lowest BCUT2D eigenvalue weighted by molar-refractivity contribution is -0.139. The van der Waals surface area contributed by atoms with Crippen molar-refractivity contribution in [3.63, 3.8) is 0 Å². The summed E-state index contributed by atoms with van der Waals surface area (Å²) in [6.45, 7) is 2.73. The van der Waals surface area contributed by atoms with Gasteiger partial charge in [0.05, 0.1) is 6.26 Å². The minimum absolute atomic E-state index is 0.0304. The maximum absolute atomic E-state index is 11.5. The van der Waals surface area contributed by atoms with Gasteiger partial charge in [-0.05, 0) is 13.8 Å². The molecule has 0 aliphatic heterocycles. The molecule has 10 heteroatoms. The lowest BCUT2D eigenvalue weighted by atomic mass is 10.1. The van der Waals surface area contributed by atoms with Gasteiger partial charge in [-0.15, -0.1) is 0 Å². The summed E-state index contributed by atoms with van der Waals surface area (Å²) in [5, 5.41) is 22.0. The Morgan fingerprint density at radius 2 is 1.85 bits per heavy atom. The van der Waals surface area contributed by atoms with E-state index in [2.05, 4.69) is 15.4 Å². The van der Waals surface area contributed by atoms with E-state index in [0.717, 1.165) is 6.26 Å². The van der Waals surface area contributed by atoms with Crippen LogP contribution in [0, 0.1) is 0 Å². The van der Waals surface area contributed by atoms with Crippen LogP contribution in [-0.4, -0.2) is 61.6 Å². The molecule has 0 aromatic heterocycles. The second-order valence-corrected chi connectivity index (χ2v) is 6.74. The zero-order chi connectivity index (χ0) is 16.0. The number of aliphatic carboxylic acids is 1. The van der Waals surface area contributed by atoms with Gasteiger partial charge in [0.1, 0.15) is 6.04 Å². The Balaban J connectivity index is 4.37. The summed E-state index contributed by atoms with van der Waals surface area (Å²) >= 11 is 0. The number of aliphatic hydroxyl groups is 1. The fourth-order valence-electron chi connectivity index (χ4n) is 1.43. The third-order valence-corrected chi connectivity index (χ3v) is 3.10. The van der Waals surface area contributed by atoms with Crippen LogP contribution in [0.15, 0.2) is 0 Å². The van der Waals surface area contributed by atoms with Gasteiger partial charge in [0.15, 0.2) is 0 Å². The maximum atomic E-state index is 11.5. The van der Waals surface area contributed by atoms with Crippen molar-refractivity contribution in [1.29, 1.82) is 0 Å². The smallest absolute Gasteiger partial charge is 0.326 e. The summed E-state index contributed by atoms with van der Waals surface area (Å²) in [7, 11) is -3.42. The number of carboxylic acids is 1. The number of urea groups is 1. The summed E-state index contributed by atoms with van der Waals surface area (Å²) in [6, 6.07) is -1.96. The number of carbonyl (C=O) groups excluding carboxylic acids is 1. The molecule has 0 aromatic carbocycles. The van der Waals surface area contributed by atoms with Crippen molar-refractivity contribution in [1.82, 2.24) is 15.4 Å². The lowest BCUT2D eigenvalue weighted by Crippen LogP contribution is -2.54. The number of rotatable bonds is 8. The van der Waals surface area contributed by atoms with Gasteiger partial charge in [-0.2, -0.15) is 0 Å². The number of aliphatic hydroxyl groups excluding tert-OH is 1. The normalized spacial score (nSPS) is 13.6. The molecule has 9 nitrogen and oxygen atoms in total. The molecule has 0 aromatic rings. The van der Waals surface area contributed by atoms with Crippen LogP contribution in [0.2, 0.25) is 0 Å². The molecule has 0 heterocycles. The zero-order valence-electron chi connectivity index (χ0n) is 11.6. The van der Waals surface area contributed by atoms with Crippen LogP contribution in [0.4, 0.5) is 4.79 Å². The average molecular weight is 311 g/mol. The van der Waals surface area contributed by atoms with Crippen LogP contribution in [0.5, 0.6) is 0 Å². The molecule has 0 saturated carbocycles. The van der Waals surface area contributed by atoms with Crippen molar-refractivity contribution >= 4 is 22.0 Å². The van der Waals surface area contributed by atoms with Crippen molar-refractivity contribution in [3.05, 3.63) is 0 Å². The second-order valence-electron chi connectivity index (χ2n) is 4.99. The summed E-state index contributed by atoms with van der Waals surface area (Å²) in [4.78, 5) is 22.3. The molecule has 0 spiro atoms. The molecule has 5 N–H and O–H groups in total. The Bertz CT molecular complexity index is 448. The molecule has 0 saturated heterocycles. The molecule has 0 bridgehead atoms. The molecule has 0 rings (SSSR count). The Hall–Kier alpha value is -1.39. The van der Waals surface area contributed by atoms with E-state index >= 15 is 0 Å². The van der Waals surface area contributed by atoms with Crippen LogP contribution >= 0.6 is 0 Å². The van der Waals surface area contributed by atoms with Gasteiger partial charge in [0.2, 0.25) is 10.0 Å². The third kappa shape index (κ3) is 8.67. The van der Waals surface area contributed by atoms with Gasteiger partial charge in [-0.1, -0.05) is 0 Å². The first kappa shape index (κ1) is 18.6. The molecule has 1 atom stereocenters. The standard InChI is InChI=1S/C10H21N3O6S/c1-10(2,13-20(3,18)19)6-11-9(17)12-7(4-5-14)8(15)16/h7,13-14H,4-6H2,1-3H3,(H,15,16)(H2,11,12,17)/t7-/m1/s1. The van der Waals surface area contributed by atoms with E-state index < -0.39 is 33.6 Å². The minimum Gasteiger partial charge on any atom is -0.480 e. The average Bonchev–Trinajstić information content (AvgIpc) is 2.22. The highest BCUT2D eigenvalue weighted by Gasteiger charge is 2.24.